The Balaban J connectivity index is 1.29. The third-order valence-corrected chi connectivity index (χ3v) is 10.1. The highest BCUT2D eigenvalue weighted by Crippen LogP contribution is 2.32. The minimum atomic E-state index is -0.489. The van der Waals surface area contributed by atoms with Crippen molar-refractivity contribution in [1.82, 2.24) is 29.3 Å². The molecular formula is C38H39ClN8O4. The Morgan fingerprint density at radius 2 is 1.78 bits per heavy atom. The largest absolute Gasteiger partial charge is 0.462 e. The van der Waals surface area contributed by atoms with E-state index in [1.165, 1.54) is 0 Å². The van der Waals surface area contributed by atoms with Crippen LogP contribution in [0.25, 0.3) is 27.5 Å². The lowest BCUT2D eigenvalue weighted by atomic mass is 10.1. The van der Waals surface area contributed by atoms with Crippen LogP contribution >= 0.6 is 11.6 Å². The molecule has 7 rings (SSSR count). The molecular weight excluding hydrogens is 668 g/mol. The number of ether oxygens (including phenoxy) is 2. The smallest absolute Gasteiger partial charge is 0.410 e. The van der Waals surface area contributed by atoms with E-state index in [1.54, 1.807) is 15.5 Å². The van der Waals surface area contributed by atoms with Gasteiger partial charge in [0.25, 0.3) is 5.56 Å². The van der Waals surface area contributed by atoms with Gasteiger partial charge in [0, 0.05) is 37.5 Å². The van der Waals surface area contributed by atoms with Crippen LogP contribution in [0.15, 0.2) is 71.5 Å². The number of anilines is 1. The van der Waals surface area contributed by atoms with Gasteiger partial charge in [-0.05, 0) is 49.5 Å². The van der Waals surface area contributed by atoms with Crippen LogP contribution in [-0.4, -0.2) is 87.3 Å². The zero-order valence-electron chi connectivity index (χ0n) is 28.7. The first-order valence-corrected chi connectivity index (χ1v) is 17.7. The summed E-state index contributed by atoms with van der Waals surface area (Å²) < 4.78 is 13.5. The fraction of sp³-hybridized carbons (Fsp3) is 0.368. The molecule has 0 bridgehead atoms. The molecule has 0 N–H and O–H groups in total. The zero-order valence-corrected chi connectivity index (χ0v) is 29.4. The van der Waals surface area contributed by atoms with E-state index in [4.69, 9.17) is 31.0 Å². The molecule has 3 aromatic carbocycles. The maximum atomic E-state index is 14.7. The predicted molar refractivity (Wildman–Crippen MR) is 196 cm³/mol. The van der Waals surface area contributed by atoms with Crippen LogP contribution in [0.3, 0.4) is 0 Å². The first-order chi connectivity index (χ1) is 24.9. The number of fused-ring (bicyclic) bond motifs is 2. The molecule has 12 nitrogen and oxygen atoms in total. The van der Waals surface area contributed by atoms with Crippen LogP contribution in [0, 0.1) is 11.3 Å². The highest BCUT2D eigenvalue weighted by atomic mass is 35.5. The molecule has 262 valence electrons. The number of rotatable bonds is 9. The summed E-state index contributed by atoms with van der Waals surface area (Å²) in [6, 6.07) is 22.8. The number of benzene rings is 3. The third-order valence-electron chi connectivity index (χ3n) is 9.76. The van der Waals surface area contributed by atoms with Gasteiger partial charge in [0.1, 0.15) is 24.6 Å². The van der Waals surface area contributed by atoms with Gasteiger partial charge in [0.15, 0.2) is 11.3 Å². The Bertz CT molecular complexity index is 2170. The normalized spacial score (nSPS) is 17.9. The van der Waals surface area contributed by atoms with Crippen molar-refractivity contribution in [2.75, 3.05) is 44.7 Å². The number of likely N-dealkylation sites (N-methyl/N-ethyl adjacent to an activating group) is 1. The zero-order chi connectivity index (χ0) is 35.5. The van der Waals surface area contributed by atoms with Crippen molar-refractivity contribution in [1.29, 1.82) is 5.26 Å². The molecule has 51 heavy (non-hydrogen) atoms. The van der Waals surface area contributed by atoms with E-state index in [-0.39, 0.29) is 49.2 Å². The Morgan fingerprint density at radius 3 is 2.53 bits per heavy atom. The Labute approximate surface area is 300 Å². The van der Waals surface area contributed by atoms with Crippen molar-refractivity contribution in [3.63, 3.8) is 0 Å². The van der Waals surface area contributed by atoms with E-state index in [2.05, 4.69) is 23.0 Å². The minimum absolute atomic E-state index is 0.0741. The van der Waals surface area contributed by atoms with Crippen LogP contribution in [0.4, 0.5) is 10.6 Å². The standard InChI is InChI=1S/C38H39ClN8O4/c1-3-31-41-33-34(36(48)47(31)30-16-8-13-26-12-7-15-29(39)32(26)30)42-37(50-24-28-14-9-19-44(28)2)43-35(33)45-20-21-46(27(22-45)17-18-40)38(49)51-23-25-10-5-4-6-11-25/h4-8,10-13,15-16,27-28H,3,9,14,17,19-24H2,1-2H3. The first-order valence-electron chi connectivity index (χ1n) is 17.3. The number of nitrogens with zero attached hydrogens (tertiary/aromatic N) is 8. The molecule has 2 unspecified atom stereocenters. The lowest BCUT2D eigenvalue weighted by Crippen LogP contribution is -2.55. The van der Waals surface area contributed by atoms with Crippen molar-refractivity contribution in [2.24, 2.45) is 0 Å². The molecule has 2 fully saturated rings. The molecule has 1 amide bonds. The van der Waals surface area contributed by atoms with Gasteiger partial charge in [0.2, 0.25) is 0 Å². The molecule has 2 aliphatic rings. The van der Waals surface area contributed by atoms with Crippen molar-refractivity contribution < 1.29 is 14.3 Å². The van der Waals surface area contributed by atoms with Crippen LogP contribution in [0.1, 0.15) is 37.6 Å². The van der Waals surface area contributed by atoms with Crippen LogP contribution in [0.5, 0.6) is 6.01 Å². The molecule has 2 saturated heterocycles. The van der Waals surface area contributed by atoms with Gasteiger partial charge in [-0.1, -0.05) is 73.1 Å². The van der Waals surface area contributed by atoms with E-state index in [9.17, 15) is 14.9 Å². The molecule has 5 aromatic rings. The van der Waals surface area contributed by atoms with Crippen molar-refractivity contribution in [3.05, 3.63) is 93.5 Å². The topological polar surface area (TPSA) is 130 Å². The van der Waals surface area contributed by atoms with Crippen LogP contribution in [-0.2, 0) is 17.8 Å². The molecule has 2 aromatic heterocycles. The predicted octanol–water partition coefficient (Wildman–Crippen LogP) is 5.76. The third kappa shape index (κ3) is 6.92. The molecule has 2 atom stereocenters. The molecule has 13 heteroatoms. The van der Waals surface area contributed by atoms with Gasteiger partial charge in [-0.2, -0.15) is 15.2 Å². The lowest BCUT2D eigenvalue weighted by Gasteiger charge is -2.40. The summed E-state index contributed by atoms with van der Waals surface area (Å²) in [5.41, 5.74) is 1.56. The summed E-state index contributed by atoms with van der Waals surface area (Å²) >= 11 is 6.72. The number of nitriles is 1. The Hall–Kier alpha value is -5.25. The number of aromatic nitrogens is 4. The SMILES string of the molecule is CCc1nc2c(N3CCN(C(=O)OCc4ccccc4)C(CC#N)C3)nc(OCC3CCCN3C)nc2c(=O)n1-c1cccc2cccc(Cl)c12. The summed E-state index contributed by atoms with van der Waals surface area (Å²) in [5.74, 6) is 0.938. The second kappa shape index (κ2) is 14.9. The molecule has 4 heterocycles. The van der Waals surface area contributed by atoms with Gasteiger partial charge in [0.05, 0.1) is 29.2 Å². The lowest BCUT2D eigenvalue weighted by molar-refractivity contribution is 0.0768. The van der Waals surface area contributed by atoms with Gasteiger partial charge < -0.3 is 24.2 Å². The number of hydrogen-bond donors (Lipinski definition) is 0. The number of likely N-dealkylation sites (tertiary alicyclic amines) is 1. The van der Waals surface area contributed by atoms with E-state index < -0.39 is 12.1 Å². The quantitative estimate of drug-likeness (QED) is 0.187. The van der Waals surface area contributed by atoms with Crippen molar-refractivity contribution in [3.8, 4) is 17.8 Å². The fourth-order valence-electron chi connectivity index (χ4n) is 7.04. The van der Waals surface area contributed by atoms with E-state index in [1.807, 2.05) is 72.5 Å². The van der Waals surface area contributed by atoms with E-state index in [0.29, 0.717) is 47.4 Å². The Morgan fingerprint density at radius 1 is 0.980 bits per heavy atom. The van der Waals surface area contributed by atoms with Gasteiger partial charge in [-0.25, -0.2) is 9.78 Å². The monoisotopic (exact) mass is 706 g/mol. The number of hydrogen-bond acceptors (Lipinski definition) is 10. The molecule has 0 saturated carbocycles. The molecule has 0 spiro atoms. The summed E-state index contributed by atoms with van der Waals surface area (Å²) in [6.45, 7) is 4.34. The molecule has 0 aliphatic carbocycles. The highest BCUT2D eigenvalue weighted by molar-refractivity contribution is 6.36. The van der Waals surface area contributed by atoms with Crippen LogP contribution < -0.4 is 15.2 Å². The van der Waals surface area contributed by atoms with Crippen LogP contribution in [0.2, 0.25) is 5.02 Å². The second-order valence-corrected chi connectivity index (χ2v) is 13.4. The number of piperazine rings is 1. The number of amides is 1. The number of aryl methyl sites for hydroxylation is 1. The maximum Gasteiger partial charge on any atom is 0.410 e. The summed E-state index contributed by atoms with van der Waals surface area (Å²) in [4.78, 5) is 48.3. The van der Waals surface area contributed by atoms with E-state index >= 15 is 0 Å². The average molecular weight is 707 g/mol. The number of carbonyl (C=O) groups is 1. The highest BCUT2D eigenvalue weighted by Gasteiger charge is 2.34. The molecule has 0 radical (unpaired) electrons. The number of halogens is 1. The van der Waals surface area contributed by atoms with Crippen molar-refractivity contribution in [2.45, 2.75) is 51.3 Å². The first kappa shape index (κ1) is 34.2. The van der Waals surface area contributed by atoms with Crippen molar-refractivity contribution >= 4 is 45.3 Å². The van der Waals surface area contributed by atoms with E-state index in [0.717, 1.165) is 35.7 Å². The molecule has 2 aliphatic heterocycles. The summed E-state index contributed by atoms with van der Waals surface area (Å²) in [6.07, 6.45) is 2.11. The van der Waals surface area contributed by atoms with Gasteiger partial charge >= 0.3 is 12.1 Å². The maximum absolute atomic E-state index is 14.7. The summed E-state index contributed by atoms with van der Waals surface area (Å²) in [5, 5.41) is 11.9. The van der Waals surface area contributed by atoms with Gasteiger partial charge in [-0.3, -0.25) is 9.36 Å². The van der Waals surface area contributed by atoms with Gasteiger partial charge in [-0.15, -0.1) is 0 Å². The average Bonchev–Trinajstić information content (AvgIpc) is 3.57. The summed E-state index contributed by atoms with van der Waals surface area (Å²) in [7, 11) is 2.07. The fourth-order valence-corrected chi connectivity index (χ4v) is 7.32. The number of carbonyl (C=O) groups excluding carboxylic acids is 1. The second-order valence-electron chi connectivity index (χ2n) is 12.9. The Kier molecular flexibility index (Phi) is 10.0. The minimum Gasteiger partial charge on any atom is -0.462 e.